The molecule has 0 spiro atoms. The van der Waals surface area contributed by atoms with Gasteiger partial charge in [0.2, 0.25) is 0 Å². The molecule has 0 aliphatic carbocycles. The average Bonchev–Trinajstić information content (AvgIpc) is 3.00. The molecule has 1 fully saturated rings. The van der Waals surface area contributed by atoms with E-state index < -0.39 is 0 Å². The molecule has 150 valence electrons. The molecular formula is C22H17N3O2S3. The Morgan fingerprint density at radius 1 is 1.20 bits per heavy atom. The quantitative estimate of drug-likeness (QED) is 0.246. The molecule has 0 unspecified atom stereocenters. The van der Waals surface area contributed by atoms with Gasteiger partial charge in [0.25, 0.3) is 11.5 Å². The van der Waals surface area contributed by atoms with Crippen LogP contribution in [0.4, 0.5) is 0 Å². The highest BCUT2D eigenvalue weighted by molar-refractivity contribution is 8.26. The fourth-order valence-corrected chi connectivity index (χ4v) is 5.17. The van der Waals surface area contributed by atoms with Crippen molar-refractivity contribution in [2.24, 2.45) is 0 Å². The van der Waals surface area contributed by atoms with Crippen molar-refractivity contribution in [2.45, 2.75) is 16.8 Å². The molecule has 1 saturated heterocycles. The molecule has 8 heteroatoms. The van der Waals surface area contributed by atoms with Gasteiger partial charge in [0.05, 0.1) is 10.5 Å². The molecule has 0 atom stereocenters. The average molecular weight is 452 g/mol. The van der Waals surface area contributed by atoms with Crippen molar-refractivity contribution in [3.05, 3.63) is 87.7 Å². The first-order valence-corrected chi connectivity index (χ1v) is 11.1. The van der Waals surface area contributed by atoms with E-state index in [1.807, 2.05) is 49.4 Å². The lowest BCUT2D eigenvalue weighted by molar-refractivity contribution is -0.121. The Morgan fingerprint density at radius 3 is 2.70 bits per heavy atom. The predicted octanol–water partition coefficient (Wildman–Crippen LogP) is 4.54. The summed E-state index contributed by atoms with van der Waals surface area (Å²) in [5.74, 6) is -0.227. The largest absolute Gasteiger partial charge is 0.289 e. The van der Waals surface area contributed by atoms with Gasteiger partial charge in [-0.05, 0) is 36.8 Å². The summed E-state index contributed by atoms with van der Waals surface area (Å²) in [6.45, 7) is 5.92. The lowest BCUT2D eigenvalue weighted by Gasteiger charge is -2.11. The standard InChI is InChI=1S/C22H17N3O2S3/c1-3-11-25-21(27)17(30-22(25)28)13-16-19(29-15-9-5-4-6-10-15)23-18-14(2)8-7-12-24(18)20(16)26/h3-10,12-13H,1,11H2,2H3. The molecule has 2 aromatic heterocycles. The molecule has 4 rings (SSSR count). The van der Waals surface area contributed by atoms with E-state index in [4.69, 9.17) is 17.2 Å². The number of pyridine rings is 1. The zero-order valence-corrected chi connectivity index (χ0v) is 18.5. The minimum absolute atomic E-state index is 0.226. The first kappa shape index (κ1) is 20.6. The normalized spacial score (nSPS) is 15.4. The maximum Gasteiger partial charge on any atom is 0.266 e. The summed E-state index contributed by atoms with van der Waals surface area (Å²) in [4.78, 5) is 33.7. The first-order valence-electron chi connectivity index (χ1n) is 9.10. The number of thiocarbonyl (C=S) groups is 1. The number of fused-ring (bicyclic) bond motifs is 1. The van der Waals surface area contributed by atoms with E-state index in [0.29, 0.717) is 32.0 Å². The minimum Gasteiger partial charge on any atom is -0.289 e. The molecule has 5 nitrogen and oxygen atoms in total. The second kappa shape index (κ2) is 8.59. The predicted molar refractivity (Wildman–Crippen MR) is 127 cm³/mol. The Hall–Kier alpha value is -2.68. The summed E-state index contributed by atoms with van der Waals surface area (Å²) in [7, 11) is 0. The summed E-state index contributed by atoms with van der Waals surface area (Å²) in [6.07, 6.45) is 4.92. The Balaban J connectivity index is 1.89. The Labute approximate surface area is 187 Å². The van der Waals surface area contributed by atoms with Crippen LogP contribution in [0.1, 0.15) is 11.1 Å². The van der Waals surface area contributed by atoms with Crippen molar-refractivity contribution in [1.29, 1.82) is 0 Å². The van der Waals surface area contributed by atoms with Crippen LogP contribution in [-0.4, -0.2) is 31.1 Å². The van der Waals surface area contributed by atoms with Crippen molar-refractivity contribution in [2.75, 3.05) is 6.54 Å². The van der Waals surface area contributed by atoms with Gasteiger partial charge in [0, 0.05) is 17.6 Å². The van der Waals surface area contributed by atoms with E-state index in [2.05, 4.69) is 6.58 Å². The fourth-order valence-electron chi connectivity index (χ4n) is 3.01. The second-order valence-electron chi connectivity index (χ2n) is 6.52. The Morgan fingerprint density at radius 2 is 1.97 bits per heavy atom. The van der Waals surface area contributed by atoms with Gasteiger partial charge in [0.15, 0.2) is 0 Å². The molecule has 1 aromatic carbocycles. The summed E-state index contributed by atoms with van der Waals surface area (Å²) in [6, 6.07) is 13.4. The van der Waals surface area contributed by atoms with Gasteiger partial charge in [-0.15, -0.1) is 6.58 Å². The number of amides is 1. The molecule has 1 amide bonds. The lowest BCUT2D eigenvalue weighted by Crippen LogP contribution is -2.28. The summed E-state index contributed by atoms with van der Waals surface area (Å²) >= 11 is 7.90. The number of thioether (sulfide) groups is 1. The number of hydrogen-bond donors (Lipinski definition) is 0. The van der Waals surface area contributed by atoms with Crippen molar-refractivity contribution >= 4 is 57.7 Å². The molecule has 0 saturated carbocycles. The van der Waals surface area contributed by atoms with Crippen LogP contribution in [-0.2, 0) is 4.79 Å². The number of carbonyl (C=O) groups is 1. The third-order valence-corrected chi connectivity index (χ3v) is 6.86. The number of hydrogen-bond acceptors (Lipinski definition) is 6. The Kier molecular flexibility index (Phi) is 5.90. The molecule has 3 heterocycles. The van der Waals surface area contributed by atoms with Crippen molar-refractivity contribution in [3.8, 4) is 0 Å². The van der Waals surface area contributed by atoms with Crippen LogP contribution in [0.15, 0.2) is 80.9 Å². The third-order valence-electron chi connectivity index (χ3n) is 4.47. The zero-order valence-electron chi connectivity index (χ0n) is 16.1. The molecule has 1 aliphatic heterocycles. The number of aromatic nitrogens is 2. The number of nitrogens with zero attached hydrogens (tertiary/aromatic N) is 3. The van der Waals surface area contributed by atoms with Crippen LogP contribution in [0.25, 0.3) is 11.7 Å². The summed E-state index contributed by atoms with van der Waals surface area (Å²) in [5.41, 5.74) is 1.63. The number of carbonyl (C=O) groups excluding carboxylic acids is 1. The van der Waals surface area contributed by atoms with Crippen molar-refractivity contribution in [3.63, 3.8) is 0 Å². The van der Waals surface area contributed by atoms with E-state index in [0.717, 1.165) is 10.5 Å². The van der Waals surface area contributed by atoms with Crippen LogP contribution in [0.5, 0.6) is 0 Å². The van der Waals surface area contributed by atoms with E-state index in [1.54, 1.807) is 18.3 Å². The van der Waals surface area contributed by atoms with Gasteiger partial charge < -0.3 is 0 Å². The molecule has 0 N–H and O–H groups in total. The van der Waals surface area contributed by atoms with Gasteiger partial charge in [0.1, 0.15) is 15.0 Å². The van der Waals surface area contributed by atoms with Gasteiger partial charge in [-0.3, -0.25) is 18.9 Å². The number of benzene rings is 1. The van der Waals surface area contributed by atoms with E-state index in [9.17, 15) is 9.59 Å². The van der Waals surface area contributed by atoms with Gasteiger partial charge >= 0.3 is 0 Å². The van der Waals surface area contributed by atoms with Crippen LogP contribution in [0.2, 0.25) is 0 Å². The smallest absolute Gasteiger partial charge is 0.266 e. The fraction of sp³-hybridized carbons (Fsp3) is 0.0909. The monoisotopic (exact) mass is 451 g/mol. The minimum atomic E-state index is -0.227. The maximum atomic E-state index is 13.4. The second-order valence-corrected chi connectivity index (χ2v) is 9.25. The molecule has 3 aromatic rings. The van der Waals surface area contributed by atoms with Crippen LogP contribution in [0.3, 0.4) is 0 Å². The number of rotatable bonds is 5. The highest BCUT2D eigenvalue weighted by atomic mass is 32.2. The van der Waals surface area contributed by atoms with Gasteiger partial charge in [-0.2, -0.15) is 0 Å². The van der Waals surface area contributed by atoms with E-state index >= 15 is 0 Å². The number of aryl methyl sites for hydroxylation is 1. The van der Waals surface area contributed by atoms with E-state index in [-0.39, 0.29) is 11.5 Å². The zero-order chi connectivity index (χ0) is 21.3. The summed E-state index contributed by atoms with van der Waals surface area (Å²) < 4.78 is 1.97. The Bertz CT molecular complexity index is 1270. The molecule has 0 radical (unpaired) electrons. The van der Waals surface area contributed by atoms with Gasteiger partial charge in [-0.25, -0.2) is 4.98 Å². The maximum absolute atomic E-state index is 13.4. The molecule has 0 bridgehead atoms. The molecular weight excluding hydrogens is 434 g/mol. The topological polar surface area (TPSA) is 54.7 Å². The van der Waals surface area contributed by atoms with E-state index in [1.165, 1.54) is 32.8 Å². The van der Waals surface area contributed by atoms with Crippen molar-refractivity contribution in [1.82, 2.24) is 14.3 Å². The van der Waals surface area contributed by atoms with Crippen LogP contribution < -0.4 is 5.56 Å². The molecule has 30 heavy (non-hydrogen) atoms. The van der Waals surface area contributed by atoms with Crippen LogP contribution in [0, 0.1) is 6.92 Å². The highest BCUT2D eigenvalue weighted by Gasteiger charge is 2.31. The first-order chi connectivity index (χ1) is 14.5. The van der Waals surface area contributed by atoms with Crippen LogP contribution >= 0.6 is 35.7 Å². The third kappa shape index (κ3) is 3.86. The summed E-state index contributed by atoms with van der Waals surface area (Å²) in [5, 5.41) is 0.550. The highest BCUT2D eigenvalue weighted by Crippen LogP contribution is 2.35. The lowest BCUT2D eigenvalue weighted by atomic mass is 10.2. The van der Waals surface area contributed by atoms with Gasteiger partial charge in [-0.1, -0.05) is 66.1 Å². The molecule has 1 aliphatic rings. The van der Waals surface area contributed by atoms with Crippen molar-refractivity contribution < 1.29 is 4.79 Å². The SMILES string of the molecule is C=CCN1C(=O)C(=Cc2c(Sc3ccccc3)nc3c(C)cccn3c2=O)SC1=S.